The third-order valence-electron chi connectivity index (χ3n) is 3.34. The van der Waals surface area contributed by atoms with Gasteiger partial charge in [0.1, 0.15) is 0 Å². The van der Waals surface area contributed by atoms with Crippen LogP contribution in [0.15, 0.2) is 16.8 Å². The van der Waals surface area contributed by atoms with Crippen LogP contribution >= 0.6 is 11.3 Å². The van der Waals surface area contributed by atoms with Crippen molar-refractivity contribution in [1.29, 1.82) is 5.26 Å². The van der Waals surface area contributed by atoms with Crippen molar-refractivity contribution < 1.29 is 9.53 Å². The van der Waals surface area contributed by atoms with Gasteiger partial charge < -0.3 is 9.64 Å². The summed E-state index contributed by atoms with van der Waals surface area (Å²) in [6.07, 6.45) is 0.374. The van der Waals surface area contributed by atoms with Gasteiger partial charge in [0, 0.05) is 38.1 Å². The summed E-state index contributed by atoms with van der Waals surface area (Å²) in [5.41, 5.74) is 0.718. The molecule has 0 atom stereocenters. The highest BCUT2D eigenvalue weighted by molar-refractivity contribution is 7.08. The zero-order valence-corrected chi connectivity index (χ0v) is 12.3. The largest absolute Gasteiger partial charge is 0.379 e. The van der Waals surface area contributed by atoms with Crippen LogP contribution in [0.1, 0.15) is 16.8 Å². The molecule has 1 saturated heterocycles. The molecule has 108 valence electrons. The Bertz CT molecular complexity index is 449. The van der Waals surface area contributed by atoms with Gasteiger partial charge in [0.15, 0.2) is 0 Å². The summed E-state index contributed by atoms with van der Waals surface area (Å²) in [5.74, 6) is 0.0229. The first-order chi connectivity index (χ1) is 9.81. The van der Waals surface area contributed by atoms with E-state index < -0.39 is 0 Å². The number of morpholine rings is 1. The van der Waals surface area contributed by atoms with E-state index in [-0.39, 0.29) is 5.91 Å². The van der Waals surface area contributed by atoms with Gasteiger partial charge in [0.05, 0.1) is 31.3 Å². The number of carbonyl (C=O) groups excluding carboxylic acids is 1. The van der Waals surface area contributed by atoms with Gasteiger partial charge in [-0.25, -0.2) is 0 Å². The topological polar surface area (TPSA) is 56.6 Å². The highest BCUT2D eigenvalue weighted by Gasteiger charge is 2.18. The second-order valence-corrected chi connectivity index (χ2v) is 5.45. The summed E-state index contributed by atoms with van der Waals surface area (Å²) in [6, 6.07) is 3.95. The normalized spacial score (nSPS) is 15.8. The van der Waals surface area contributed by atoms with Crippen molar-refractivity contribution >= 4 is 17.2 Å². The highest BCUT2D eigenvalue weighted by Crippen LogP contribution is 2.10. The molecule has 2 heterocycles. The minimum Gasteiger partial charge on any atom is -0.379 e. The maximum atomic E-state index is 12.4. The molecule has 1 aromatic rings. The Morgan fingerprint density at radius 1 is 1.45 bits per heavy atom. The first kappa shape index (κ1) is 15.0. The van der Waals surface area contributed by atoms with Crippen LogP contribution in [0.3, 0.4) is 0 Å². The lowest BCUT2D eigenvalue weighted by Gasteiger charge is -2.29. The highest BCUT2D eigenvalue weighted by atomic mass is 32.1. The van der Waals surface area contributed by atoms with Gasteiger partial charge in [-0.05, 0) is 11.4 Å². The molecule has 0 radical (unpaired) electrons. The van der Waals surface area contributed by atoms with Crippen molar-refractivity contribution in [2.45, 2.75) is 6.42 Å². The van der Waals surface area contributed by atoms with Crippen LogP contribution in [0.4, 0.5) is 0 Å². The summed E-state index contributed by atoms with van der Waals surface area (Å²) >= 11 is 1.52. The minimum absolute atomic E-state index is 0.0229. The Kier molecular flexibility index (Phi) is 5.99. The van der Waals surface area contributed by atoms with E-state index in [1.165, 1.54) is 11.3 Å². The first-order valence-electron chi connectivity index (χ1n) is 6.80. The number of nitriles is 1. The Balaban J connectivity index is 1.89. The van der Waals surface area contributed by atoms with Crippen molar-refractivity contribution in [2.24, 2.45) is 0 Å². The molecule has 0 bridgehead atoms. The van der Waals surface area contributed by atoms with Crippen LogP contribution < -0.4 is 0 Å². The molecule has 1 aliphatic heterocycles. The number of hydrogen-bond donors (Lipinski definition) is 0. The number of rotatable bonds is 6. The van der Waals surface area contributed by atoms with E-state index in [0.29, 0.717) is 19.5 Å². The zero-order valence-electron chi connectivity index (χ0n) is 11.5. The van der Waals surface area contributed by atoms with Gasteiger partial charge in [-0.1, -0.05) is 0 Å². The number of hydrogen-bond acceptors (Lipinski definition) is 5. The average molecular weight is 293 g/mol. The van der Waals surface area contributed by atoms with Crippen LogP contribution in [-0.4, -0.2) is 61.6 Å². The lowest BCUT2D eigenvalue weighted by atomic mass is 10.2. The molecule has 5 nitrogen and oxygen atoms in total. The standard InChI is InChI=1S/C14H19N3O2S/c15-3-1-4-17(14(18)13-2-11-20-12-13)6-5-16-7-9-19-10-8-16/h2,11-12H,1,4-10H2. The zero-order chi connectivity index (χ0) is 14.2. The molecule has 1 aromatic heterocycles. The Labute approximate surface area is 123 Å². The van der Waals surface area contributed by atoms with Crippen LogP contribution in [0.25, 0.3) is 0 Å². The molecule has 1 amide bonds. The van der Waals surface area contributed by atoms with Gasteiger partial charge in [0.25, 0.3) is 5.91 Å². The van der Waals surface area contributed by atoms with E-state index in [4.69, 9.17) is 10.00 Å². The lowest BCUT2D eigenvalue weighted by molar-refractivity contribution is 0.0326. The molecule has 0 N–H and O–H groups in total. The average Bonchev–Trinajstić information content (AvgIpc) is 3.02. The summed E-state index contributed by atoms with van der Waals surface area (Å²) in [6.45, 7) is 5.35. The number of nitrogens with zero attached hydrogens (tertiary/aromatic N) is 3. The third-order valence-corrected chi connectivity index (χ3v) is 4.02. The summed E-state index contributed by atoms with van der Waals surface area (Å²) < 4.78 is 5.31. The molecule has 2 rings (SSSR count). The molecule has 0 aliphatic carbocycles. The van der Waals surface area contributed by atoms with E-state index in [1.54, 1.807) is 4.90 Å². The predicted octanol–water partition coefficient (Wildman–Crippen LogP) is 1.44. The number of amides is 1. The van der Waals surface area contributed by atoms with E-state index in [2.05, 4.69) is 11.0 Å². The molecule has 0 saturated carbocycles. The van der Waals surface area contributed by atoms with E-state index in [0.717, 1.165) is 38.4 Å². The molecule has 0 aromatic carbocycles. The lowest BCUT2D eigenvalue weighted by Crippen LogP contribution is -2.43. The Hall–Kier alpha value is -1.42. The summed E-state index contributed by atoms with van der Waals surface area (Å²) in [7, 11) is 0. The van der Waals surface area contributed by atoms with Crippen LogP contribution in [0.5, 0.6) is 0 Å². The second kappa shape index (κ2) is 8.00. The monoisotopic (exact) mass is 293 g/mol. The molecule has 6 heteroatoms. The third kappa shape index (κ3) is 4.30. The van der Waals surface area contributed by atoms with Gasteiger partial charge in [-0.2, -0.15) is 16.6 Å². The molecule has 20 heavy (non-hydrogen) atoms. The fraction of sp³-hybridized carbons (Fsp3) is 0.571. The maximum Gasteiger partial charge on any atom is 0.254 e. The quantitative estimate of drug-likeness (QED) is 0.796. The van der Waals surface area contributed by atoms with Crippen molar-refractivity contribution in [2.75, 3.05) is 45.9 Å². The SMILES string of the molecule is N#CCCN(CCN1CCOCC1)C(=O)c1ccsc1. The van der Waals surface area contributed by atoms with Gasteiger partial charge in [-0.15, -0.1) is 0 Å². The number of ether oxygens (including phenoxy) is 1. The Morgan fingerprint density at radius 3 is 2.90 bits per heavy atom. The van der Waals surface area contributed by atoms with Gasteiger partial charge >= 0.3 is 0 Å². The predicted molar refractivity (Wildman–Crippen MR) is 77.7 cm³/mol. The molecule has 0 spiro atoms. The van der Waals surface area contributed by atoms with Crippen LogP contribution in [-0.2, 0) is 4.74 Å². The fourth-order valence-electron chi connectivity index (χ4n) is 2.16. The molecule has 1 fully saturated rings. The van der Waals surface area contributed by atoms with Crippen molar-refractivity contribution in [3.05, 3.63) is 22.4 Å². The number of thiophene rings is 1. The number of carbonyl (C=O) groups is 1. The van der Waals surface area contributed by atoms with Crippen molar-refractivity contribution in [1.82, 2.24) is 9.80 Å². The van der Waals surface area contributed by atoms with Crippen LogP contribution in [0.2, 0.25) is 0 Å². The van der Waals surface area contributed by atoms with E-state index >= 15 is 0 Å². The molecular formula is C14H19N3O2S. The van der Waals surface area contributed by atoms with Gasteiger partial charge in [-0.3, -0.25) is 9.69 Å². The van der Waals surface area contributed by atoms with Crippen molar-refractivity contribution in [3.63, 3.8) is 0 Å². The van der Waals surface area contributed by atoms with Gasteiger partial charge in [0.2, 0.25) is 0 Å². The minimum atomic E-state index is 0.0229. The second-order valence-electron chi connectivity index (χ2n) is 4.67. The maximum absolute atomic E-state index is 12.4. The Morgan fingerprint density at radius 2 is 2.25 bits per heavy atom. The fourth-order valence-corrected chi connectivity index (χ4v) is 2.79. The van der Waals surface area contributed by atoms with Crippen molar-refractivity contribution in [3.8, 4) is 6.07 Å². The first-order valence-corrected chi connectivity index (χ1v) is 7.74. The van der Waals surface area contributed by atoms with Crippen LogP contribution in [0, 0.1) is 11.3 Å². The molecule has 0 unspecified atom stereocenters. The smallest absolute Gasteiger partial charge is 0.254 e. The summed E-state index contributed by atoms with van der Waals surface area (Å²) in [5, 5.41) is 12.5. The molecule has 1 aliphatic rings. The van der Waals surface area contributed by atoms with E-state index in [9.17, 15) is 4.79 Å². The molecular weight excluding hydrogens is 274 g/mol. The van der Waals surface area contributed by atoms with E-state index in [1.807, 2.05) is 16.8 Å². The summed E-state index contributed by atoms with van der Waals surface area (Å²) in [4.78, 5) is 16.4.